The van der Waals surface area contributed by atoms with Gasteiger partial charge in [-0.1, -0.05) is 6.42 Å². The lowest BCUT2D eigenvalue weighted by atomic mass is 9.97. The number of nitrogens with zero attached hydrogens (tertiary/aromatic N) is 1. The highest BCUT2D eigenvalue weighted by molar-refractivity contribution is 5.94. The van der Waals surface area contributed by atoms with Crippen LogP contribution in [0.2, 0.25) is 0 Å². The van der Waals surface area contributed by atoms with E-state index in [2.05, 4.69) is 10.9 Å². The maximum atomic E-state index is 12.6. The summed E-state index contributed by atoms with van der Waals surface area (Å²) in [5.74, 6) is 2.00. The summed E-state index contributed by atoms with van der Waals surface area (Å²) in [5.41, 5.74) is 7.35. The molecule has 118 valence electrons. The van der Waals surface area contributed by atoms with Gasteiger partial charge in [0.2, 0.25) is 6.79 Å². The highest BCUT2D eigenvalue weighted by Crippen LogP contribution is 2.34. The van der Waals surface area contributed by atoms with Gasteiger partial charge in [0.25, 0.3) is 5.91 Å². The molecule has 1 saturated heterocycles. The van der Waals surface area contributed by atoms with Crippen LogP contribution in [0.25, 0.3) is 0 Å². The van der Waals surface area contributed by atoms with Gasteiger partial charge in [0.05, 0.1) is 0 Å². The van der Waals surface area contributed by atoms with Crippen molar-refractivity contribution in [3.8, 4) is 11.5 Å². The van der Waals surface area contributed by atoms with Crippen molar-refractivity contribution in [1.82, 2.24) is 15.8 Å². The van der Waals surface area contributed by atoms with Crippen LogP contribution in [0, 0.1) is 5.92 Å². The van der Waals surface area contributed by atoms with Crippen LogP contribution < -0.4 is 20.3 Å². The fourth-order valence-corrected chi connectivity index (χ4v) is 3.78. The molecule has 3 atom stereocenters. The molecule has 1 saturated carbocycles. The Morgan fingerprint density at radius 3 is 3.05 bits per heavy atom. The summed E-state index contributed by atoms with van der Waals surface area (Å²) in [6.07, 6.45) is 3.75. The molecule has 6 nitrogen and oxygen atoms in total. The minimum atomic E-state index is 0.0153. The van der Waals surface area contributed by atoms with Crippen molar-refractivity contribution in [2.45, 2.75) is 31.3 Å². The Hall–Kier alpha value is -1.79. The van der Waals surface area contributed by atoms with Crippen LogP contribution in [-0.2, 0) is 0 Å². The van der Waals surface area contributed by atoms with Crippen molar-refractivity contribution in [1.29, 1.82) is 0 Å². The van der Waals surface area contributed by atoms with E-state index in [-0.39, 0.29) is 12.7 Å². The zero-order valence-corrected chi connectivity index (χ0v) is 12.7. The molecule has 2 fully saturated rings. The maximum Gasteiger partial charge on any atom is 0.253 e. The lowest BCUT2D eigenvalue weighted by Crippen LogP contribution is -2.43. The second-order valence-corrected chi connectivity index (χ2v) is 6.35. The van der Waals surface area contributed by atoms with Gasteiger partial charge >= 0.3 is 0 Å². The molecule has 1 aliphatic carbocycles. The number of likely N-dealkylation sites (N-methyl/N-ethyl adjacent to an activating group) is 1. The van der Waals surface area contributed by atoms with E-state index in [9.17, 15) is 4.79 Å². The average Bonchev–Trinajstić information content (AvgIpc) is 3.23. The zero-order chi connectivity index (χ0) is 15.1. The molecule has 3 aliphatic rings. The number of amides is 1. The lowest BCUT2D eigenvalue weighted by molar-refractivity contribution is 0.0775. The van der Waals surface area contributed by atoms with E-state index in [0.717, 1.165) is 0 Å². The summed E-state index contributed by atoms with van der Waals surface area (Å²) >= 11 is 0. The van der Waals surface area contributed by atoms with Crippen molar-refractivity contribution in [2.24, 2.45) is 5.92 Å². The number of carbonyl (C=O) groups is 1. The van der Waals surface area contributed by atoms with Gasteiger partial charge in [0, 0.05) is 31.2 Å². The van der Waals surface area contributed by atoms with Crippen LogP contribution >= 0.6 is 0 Å². The molecule has 3 unspecified atom stereocenters. The number of ether oxygens (including phenoxy) is 2. The first-order valence-corrected chi connectivity index (χ1v) is 7.88. The molecule has 0 bridgehead atoms. The second-order valence-electron chi connectivity index (χ2n) is 6.35. The van der Waals surface area contributed by atoms with Gasteiger partial charge in [0.15, 0.2) is 11.5 Å². The first-order valence-electron chi connectivity index (χ1n) is 7.88. The molecule has 2 N–H and O–H groups in total. The largest absolute Gasteiger partial charge is 0.454 e. The Morgan fingerprint density at radius 2 is 2.14 bits per heavy atom. The maximum absolute atomic E-state index is 12.6. The monoisotopic (exact) mass is 303 g/mol. The lowest BCUT2D eigenvalue weighted by Gasteiger charge is -2.24. The quantitative estimate of drug-likeness (QED) is 0.876. The van der Waals surface area contributed by atoms with Crippen LogP contribution in [0.3, 0.4) is 0 Å². The minimum absolute atomic E-state index is 0.0153. The summed E-state index contributed by atoms with van der Waals surface area (Å²) in [4.78, 5) is 14.4. The van der Waals surface area contributed by atoms with Crippen LogP contribution in [0.5, 0.6) is 11.5 Å². The highest BCUT2D eigenvalue weighted by atomic mass is 16.7. The van der Waals surface area contributed by atoms with E-state index in [4.69, 9.17) is 9.47 Å². The van der Waals surface area contributed by atoms with Crippen LogP contribution in [0.1, 0.15) is 29.6 Å². The Morgan fingerprint density at radius 1 is 1.27 bits per heavy atom. The molecular weight excluding hydrogens is 282 g/mol. The van der Waals surface area contributed by atoms with E-state index in [1.54, 1.807) is 23.1 Å². The third kappa shape index (κ3) is 2.32. The number of carbonyl (C=O) groups excluding carboxylic acids is 1. The van der Waals surface area contributed by atoms with Gasteiger partial charge in [-0.3, -0.25) is 15.6 Å². The standard InChI is InChI=1S/C16H21N3O3/c1-19(8-13-11-3-2-4-12(11)17-18-13)16(20)10-5-6-14-15(7-10)22-9-21-14/h5-7,11-13,17-18H,2-4,8-9H2,1H3. The zero-order valence-electron chi connectivity index (χ0n) is 12.7. The molecule has 4 rings (SSSR count). The summed E-state index contributed by atoms with van der Waals surface area (Å²) < 4.78 is 10.6. The molecule has 0 aromatic heterocycles. The molecular formula is C16H21N3O3. The van der Waals surface area contributed by atoms with E-state index in [1.807, 2.05) is 7.05 Å². The molecule has 0 radical (unpaired) electrons. The molecule has 1 amide bonds. The summed E-state index contributed by atoms with van der Waals surface area (Å²) in [5, 5.41) is 0. The van der Waals surface area contributed by atoms with Crippen LogP contribution in [0.4, 0.5) is 0 Å². The van der Waals surface area contributed by atoms with Crippen molar-refractivity contribution >= 4 is 5.91 Å². The van der Waals surface area contributed by atoms with Gasteiger partial charge in [-0.2, -0.15) is 0 Å². The predicted molar refractivity (Wildman–Crippen MR) is 80.7 cm³/mol. The first-order chi connectivity index (χ1) is 10.7. The molecule has 1 aromatic rings. The van der Waals surface area contributed by atoms with Gasteiger partial charge in [0.1, 0.15) is 0 Å². The summed E-state index contributed by atoms with van der Waals surface area (Å²) in [7, 11) is 1.86. The first kappa shape index (κ1) is 13.8. The normalized spacial score (nSPS) is 28.7. The molecule has 0 spiro atoms. The van der Waals surface area contributed by atoms with Crippen LogP contribution in [-0.4, -0.2) is 43.3 Å². The second kappa shape index (κ2) is 5.44. The van der Waals surface area contributed by atoms with Gasteiger partial charge in [-0.25, -0.2) is 0 Å². The summed E-state index contributed by atoms with van der Waals surface area (Å²) in [6, 6.07) is 6.26. The van der Waals surface area contributed by atoms with Gasteiger partial charge < -0.3 is 14.4 Å². The Bertz CT molecular complexity index is 592. The van der Waals surface area contributed by atoms with Crippen LogP contribution in [0.15, 0.2) is 18.2 Å². The fraction of sp³-hybridized carbons (Fsp3) is 0.562. The molecule has 6 heteroatoms. The Balaban J connectivity index is 1.44. The van der Waals surface area contributed by atoms with Gasteiger partial charge in [-0.05, 0) is 37.0 Å². The number of rotatable bonds is 3. The minimum Gasteiger partial charge on any atom is -0.454 e. The number of hydrazine groups is 1. The number of benzene rings is 1. The summed E-state index contributed by atoms with van der Waals surface area (Å²) in [6.45, 7) is 0.936. The molecule has 2 aliphatic heterocycles. The third-order valence-corrected chi connectivity index (χ3v) is 4.98. The van der Waals surface area contributed by atoms with Crippen molar-refractivity contribution < 1.29 is 14.3 Å². The third-order valence-electron chi connectivity index (χ3n) is 4.98. The molecule has 22 heavy (non-hydrogen) atoms. The predicted octanol–water partition coefficient (Wildman–Crippen LogP) is 1.13. The van der Waals surface area contributed by atoms with Gasteiger partial charge in [-0.15, -0.1) is 0 Å². The van der Waals surface area contributed by atoms with E-state index >= 15 is 0 Å². The highest BCUT2D eigenvalue weighted by Gasteiger charge is 2.39. The number of hydrogen-bond acceptors (Lipinski definition) is 5. The number of hydrogen-bond donors (Lipinski definition) is 2. The number of nitrogens with one attached hydrogen (secondary N) is 2. The van der Waals surface area contributed by atoms with E-state index in [1.165, 1.54) is 19.3 Å². The number of fused-ring (bicyclic) bond motifs is 2. The Labute approximate surface area is 129 Å². The average molecular weight is 303 g/mol. The van der Waals surface area contributed by atoms with Crippen molar-refractivity contribution in [3.05, 3.63) is 23.8 Å². The molecule has 2 heterocycles. The smallest absolute Gasteiger partial charge is 0.253 e. The topological polar surface area (TPSA) is 62.8 Å². The SMILES string of the molecule is CN(CC1NNC2CCCC21)C(=O)c1ccc2c(c1)OCO2. The van der Waals surface area contributed by atoms with E-state index in [0.29, 0.717) is 41.6 Å². The van der Waals surface area contributed by atoms with E-state index < -0.39 is 0 Å². The molecule has 1 aromatic carbocycles. The fourth-order valence-electron chi connectivity index (χ4n) is 3.78. The Kier molecular flexibility index (Phi) is 3.43. The van der Waals surface area contributed by atoms with Crippen molar-refractivity contribution in [2.75, 3.05) is 20.4 Å². The van der Waals surface area contributed by atoms with Crippen molar-refractivity contribution in [3.63, 3.8) is 0 Å².